The van der Waals surface area contributed by atoms with Crippen molar-refractivity contribution in [2.45, 2.75) is 18.7 Å². The molecule has 0 aliphatic carbocycles. The second-order valence-electron chi connectivity index (χ2n) is 4.28. The summed E-state index contributed by atoms with van der Waals surface area (Å²) in [6.45, 7) is 3.55. The van der Waals surface area contributed by atoms with Gasteiger partial charge in [0.2, 0.25) is 0 Å². The Bertz CT molecular complexity index is 655. The molecule has 1 heterocycles. The molecule has 3 N–H and O–H groups in total. The van der Waals surface area contributed by atoms with Crippen molar-refractivity contribution in [2.75, 3.05) is 17.1 Å². The summed E-state index contributed by atoms with van der Waals surface area (Å²) in [5.74, 6) is 0. The van der Waals surface area contributed by atoms with Gasteiger partial charge in [-0.15, -0.1) is 0 Å². The van der Waals surface area contributed by atoms with Gasteiger partial charge in [-0.1, -0.05) is 0 Å². The van der Waals surface area contributed by atoms with Crippen molar-refractivity contribution in [3.63, 3.8) is 0 Å². The van der Waals surface area contributed by atoms with Crippen molar-refractivity contribution < 1.29 is 8.42 Å². The van der Waals surface area contributed by atoms with Gasteiger partial charge in [-0.05, 0) is 37.1 Å². The molecular formula is C12H16N4O2S. The zero-order valence-corrected chi connectivity index (χ0v) is 11.8. The van der Waals surface area contributed by atoms with Crippen molar-refractivity contribution in [2.24, 2.45) is 0 Å². The van der Waals surface area contributed by atoms with Gasteiger partial charge in [0.15, 0.2) is 0 Å². The highest BCUT2D eigenvalue weighted by Gasteiger charge is 2.20. The highest BCUT2D eigenvalue weighted by Crippen LogP contribution is 2.25. The van der Waals surface area contributed by atoms with Crippen molar-refractivity contribution in [1.82, 2.24) is 10.2 Å². The fraction of sp³-hybridized carbons (Fsp3) is 0.250. The maximum atomic E-state index is 12.4. The quantitative estimate of drug-likeness (QED) is 0.798. The summed E-state index contributed by atoms with van der Waals surface area (Å²) in [6.07, 6.45) is 2.91. The van der Waals surface area contributed by atoms with E-state index in [0.717, 1.165) is 5.69 Å². The van der Waals surface area contributed by atoms with Gasteiger partial charge in [-0.3, -0.25) is 9.82 Å². The summed E-state index contributed by atoms with van der Waals surface area (Å²) in [6, 6.07) is 3.61. The fourth-order valence-corrected chi connectivity index (χ4v) is 3.52. The molecule has 2 aromatic rings. The summed E-state index contributed by atoms with van der Waals surface area (Å²) in [7, 11) is -1.81. The van der Waals surface area contributed by atoms with E-state index in [9.17, 15) is 8.42 Å². The van der Waals surface area contributed by atoms with Crippen LogP contribution in [0.15, 0.2) is 29.4 Å². The minimum Gasteiger partial charge on any atom is -0.388 e. The summed E-state index contributed by atoms with van der Waals surface area (Å²) < 4.78 is 27.2. The van der Waals surface area contributed by atoms with E-state index < -0.39 is 10.0 Å². The number of aryl methyl sites for hydroxylation is 2. The fourth-order valence-electron chi connectivity index (χ4n) is 2.03. The van der Waals surface area contributed by atoms with Crippen molar-refractivity contribution in [3.05, 3.63) is 35.7 Å². The lowest BCUT2D eigenvalue weighted by Crippen LogP contribution is -2.15. The maximum absolute atomic E-state index is 12.4. The van der Waals surface area contributed by atoms with Gasteiger partial charge < -0.3 is 5.32 Å². The SMILES string of the molecule is CNc1cc(C)c(S(=O)(=O)Nc2cn[nH]c2)c(C)c1. The Labute approximate surface area is 112 Å². The van der Waals surface area contributed by atoms with Crippen LogP contribution in [-0.2, 0) is 10.0 Å². The Morgan fingerprint density at radius 1 is 1.16 bits per heavy atom. The zero-order valence-electron chi connectivity index (χ0n) is 11.0. The highest BCUT2D eigenvalue weighted by molar-refractivity contribution is 7.92. The highest BCUT2D eigenvalue weighted by atomic mass is 32.2. The number of nitrogens with one attached hydrogen (secondary N) is 3. The van der Waals surface area contributed by atoms with Crippen LogP contribution in [0.2, 0.25) is 0 Å². The molecule has 0 radical (unpaired) electrons. The zero-order chi connectivity index (χ0) is 14.0. The lowest BCUT2D eigenvalue weighted by atomic mass is 10.1. The van der Waals surface area contributed by atoms with Crippen molar-refractivity contribution >= 4 is 21.4 Å². The van der Waals surface area contributed by atoms with Crippen LogP contribution in [0.1, 0.15) is 11.1 Å². The number of aromatic amines is 1. The Kier molecular flexibility index (Phi) is 3.48. The van der Waals surface area contributed by atoms with Gasteiger partial charge in [0.1, 0.15) is 0 Å². The summed E-state index contributed by atoms with van der Waals surface area (Å²) >= 11 is 0. The second kappa shape index (κ2) is 4.93. The number of benzene rings is 1. The number of rotatable bonds is 4. The molecule has 0 fully saturated rings. The van der Waals surface area contributed by atoms with E-state index in [1.807, 2.05) is 0 Å². The van der Waals surface area contributed by atoms with Gasteiger partial charge in [-0.2, -0.15) is 5.10 Å². The van der Waals surface area contributed by atoms with E-state index in [-0.39, 0.29) is 0 Å². The molecule has 0 saturated heterocycles. The van der Waals surface area contributed by atoms with E-state index in [2.05, 4.69) is 20.2 Å². The van der Waals surface area contributed by atoms with Gasteiger partial charge >= 0.3 is 0 Å². The molecule has 19 heavy (non-hydrogen) atoms. The molecule has 0 bridgehead atoms. The Morgan fingerprint density at radius 3 is 2.26 bits per heavy atom. The molecule has 0 aliphatic rings. The van der Waals surface area contributed by atoms with E-state index in [0.29, 0.717) is 21.7 Å². The standard InChI is InChI=1S/C12H16N4O2S/c1-8-4-10(13-3)5-9(2)12(8)19(17,18)16-11-6-14-15-7-11/h4-7,13,16H,1-3H3,(H,14,15). The predicted molar refractivity (Wildman–Crippen MR) is 74.9 cm³/mol. The molecule has 0 saturated carbocycles. The van der Waals surface area contributed by atoms with Crippen molar-refractivity contribution in [1.29, 1.82) is 0 Å². The molecule has 6 nitrogen and oxygen atoms in total. The molecule has 0 spiro atoms. The van der Waals surface area contributed by atoms with E-state index in [4.69, 9.17) is 0 Å². The lowest BCUT2D eigenvalue weighted by Gasteiger charge is -2.13. The first-order chi connectivity index (χ1) is 8.94. The average Bonchev–Trinajstić information content (AvgIpc) is 2.79. The molecule has 0 amide bonds. The molecule has 1 aromatic carbocycles. The van der Waals surface area contributed by atoms with Crippen molar-refractivity contribution in [3.8, 4) is 0 Å². The number of hydrogen-bond acceptors (Lipinski definition) is 4. The smallest absolute Gasteiger partial charge is 0.262 e. The maximum Gasteiger partial charge on any atom is 0.262 e. The first-order valence-corrected chi connectivity index (χ1v) is 7.23. The minimum absolute atomic E-state index is 0.299. The third-order valence-corrected chi connectivity index (χ3v) is 4.45. The average molecular weight is 280 g/mol. The van der Waals surface area contributed by atoms with Gasteiger partial charge in [0.25, 0.3) is 10.0 Å². The molecule has 1 aromatic heterocycles. The third-order valence-electron chi connectivity index (χ3n) is 2.77. The number of sulfonamides is 1. The molecule has 102 valence electrons. The Hall–Kier alpha value is -2.02. The number of H-pyrrole nitrogens is 1. The molecule has 0 atom stereocenters. The molecular weight excluding hydrogens is 264 g/mol. The number of hydrogen-bond donors (Lipinski definition) is 3. The largest absolute Gasteiger partial charge is 0.388 e. The molecule has 0 aliphatic heterocycles. The number of nitrogens with zero attached hydrogens (tertiary/aromatic N) is 1. The topological polar surface area (TPSA) is 86.9 Å². The normalized spacial score (nSPS) is 11.3. The number of anilines is 2. The van der Waals surface area contributed by atoms with Gasteiger partial charge in [0.05, 0.1) is 16.8 Å². The van der Waals surface area contributed by atoms with Crippen LogP contribution in [0.25, 0.3) is 0 Å². The Balaban J connectivity index is 2.46. The van der Waals surface area contributed by atoms with E-state index in [1.165, 1.54) is 12.4 Å². The molecule has 0 unspecified atom stereocenters. The van der Waals surface area contributed by atoms with Crippen LogP contribution in [-0.4, -0.2) is 25.7 Å². The molecule has 2 rings (SSSR count). The first-order valence-electron chi connectivity index (χ1n) is 5.74. The lowest BCUT2D eigenvalue weighted by molar-refractivity contribution is 0.600. The van der Waals surface area contributed by atoms with Gasteiger partial charge in [0, 0.05) is 18.9 Å². The summed E-state index contributed by atoms with van der Waals surface area (Å²) in [5.41, 5.74) is 2.69. The second-order valence-corrected chi connectivity index (χ2v) is 5.90. The third kappa shape index (κ3) is 2.70. The van der Waals surface area contributed by atoms with Gasteiger partial charge in [-0.25, -0.2) is 8.42 Å². The summed E-state index contributed by atoms with van der Waals surface area (Å²) in [4.78, 5) is 0.299. The first kappa shape index (κ1) is 13.4. The monoisotopic (exact) mass is 280 g/mol. The van der Waals surface area contributed by atoms with Crippen LogP contribution in [0.4, 0.5) is 11.4 Å². The summed E-state index contributed by atoms with van der Waals surface area (Å²) in [5, 5.41) is 9.28. The number of aromatic nitrogens is 2. The Morgan fingerprint density at radius 2 is 1.79 bits per heavy atom. The minimum atomic E-state index is -3.61. The van der Waals surface area contributed by atoms with Crippen LogP contribution >= 0.6 is 0 Å². The van der Waals surface area contributed by atoms with E-state index in [1.54, 1.807) is 33.0 Å². The van der Waals surface area contributed by atoms with Crippen LogP contribution in [0, 0.1) is 13.8 Å². The predicted octanol–water partition coefficient (Wildman–Crippen LogP) is 1.87. The van der Waals surface area contributed by atoms with Crippen LogP contribution in [0.5, 0.6) is 0 Å². The molecule has 7 heteroatoms. The van der Waals surface area contributed by atoms with E-state index >= 15 is 0 Å². The van der Waals surface area contributed by atoms with Crippen LogP contribution in [0.3, 0.4) is 0 Å². The van der Waals surface area contributed by atoms with Crippen LogP contribution < -0.4 is 10.0 Å².